The molecule has 2 aromatic heterocycles. The van der Waals surface area contributed by atoms with Gasteiger partial charge in [0.1, 0.15) is 12.4 Å². The van der Waals surface area contributed by atoms with Crippen LogP contribution >= 0.6 is 11.8 Å². The predicted molar refractivity (Wildman–Crippen MR) is 124 cm³/mol. The molecule has 0 amide bonds. The highest BCUT2D eigenvalue weighted by Crippen LogP contribution is 2.25. The average molecular weight is 450 g/mol. The summed E-state index contributed by atoms with van der Waals surface area (Å²) in [5.74, 6) is 3.68. The van der Waals surface area contributed by atoms with Gasteiger partial charge in [0.05, 0.1) is 5.75 Å². The van der Waals surface area contributed by atoms with Gasteiger partial charge in [0.15, 0.2) is 11.0 Å². The fraction of sp³-hybridized carbons (Fsp3) is 0.333. The summed E-state index contributed by atoms with van der Waals surface area (Å²) in [4.78, 5) is 0. The largest absolute Gasteiger partial charge is 0.486 e. The minimum absolute atomic E-state index is 0.366. The molecular formula is C24H27N5O2S. The van der Waals surface area contributed by atoms with Gasteiger partial charge >= 0.3 is 0 Å². The molecule has 0 unspecified atom stereocenters. The van der Waals surface area contributed by atoms with E-state index in [0.29, 0.717) is 30.1 Å². The molecule has 4 rings (SSSR count). The topological polar surface area (TPSA) is 78.9 Å². The van der Waals surface area contributed by atoms with Crippen molar-refractivity contribution in [2.45, 2.75) is 51.3 Å². The molecule has 0 N–H and O–H groups in total. The van der Waals surface area contributed by atoms with E-state index in [0.717, 1.165) is 35.3 Å². The summed E-state index contributed by atoms with van der Waals surface area (Å²) in [6.07, 6.45) is 1.01. The second-order valence-electron chi connectivity index (χ2n) is 7.85. The minimum Gasteiger partial charge on any atom is -0.486 e. The Kier molecular flexibility index (Phi) is 7.21. The first kappa shape index (κ1) is 22.1. The van der Waals surface area contributed by atoms with Crippen molar-refractivity contribution >= 4 is 11.8 Å². The Labute approximate surface area is 192 Å². The molecule has 2 aromatic carbocycles. The lowest BCUT2D eigenvalue weighted by molar-refractivity contribution is 0.284. The highest BCUT2D eigenvalue weighted by Gasteiger charge is 2.16. The predicted octanol–water partition coefficient (Wildman–Crippen LogP) is 5.42. The van der Waals surface area contributed by atoms with Crippen molar-refractivity contribution in [2.24, 2.45) is 5.92 Å². The van der Waals surface area contributed by atoms with Crippen molar-refractivity contribution in [1.29, 1.82) is 0 Å². The summed E-state index contributed by atoms with van der Waals surface area (Å²) in [5, 5.41) is 17.9. The SMILES string of the molecule is CCc1ccc(OCc2nnc(SCc3nnc(-c4ccccc4)o3)n2CC(C)C)cc1. The molecule has 2 heterocycles. The molecule has 0 fully saturated rings. The van der Waals surface area contributed by atoms with Gasteiger partial charge in [-0.05, 0) is 42.2 Å². The minimum atomic E-state index is 0.366. The monoisotopic (exact) mass is 449 g/mol. The highest BCUT2D eigenvalue weighted by atomic mass is 32.2. The Hall–Kier alpha value is -3.13. The third-order valence-electron chi connectivity index (χ3n) is 4.85. The fourth-order valence-electron chi connectivity index (χ4n) is 3.19. The van der Waals surface area contributed by atoms with E-state index < -0.39 is 0 Å². The van der Waals surface area contributed by atoms with E-state index in [-0.39, 0.29) is 0 Å². The van der Waals surface area contributed by atoms with Gasteiger partial charge in [-0.3, -0.25) is 0 Å². The molecule has 32 heavy (non-hydrogen) atoms. The lowest BCUT2D eigenvalue weighted by Gasteiger charge is -2.13. The number of hydrogen-bond donors (Lipinski definition) is 0. The van der Waals surface area contributed by atoms with Crippen molar-refractivity contribution in [3.05, 3.63) is 71.9 Å². The highest BCUT2D eigenvalue weighted by molar-refractivity contribution is 7.98. The number of aryl methyl sites for hydroxylation is 1. The summed E-state index contributed by atoms with van der Waals surface area (Å²) in [5.41, 5.74) is 2.20. The zero-order valence-electron chi connectivity index (χ0n) is 18.6. The van der Waals surface area contributed by atoms with E-state index in [9.17, 15) is 0 Å². The molecule has 0 radical (unpaired) electrons. The number of hydrogen-bond acceptors (Lipinski definition) is 7. The van der Waals surface area contributed by atoms with Crippen LogP contribution in [0.5, 0.6) is 5.75 Å². The number of thioether (sulfide) groups is 1. The maximum absolute atomic E-state index is 5.97. The van der Waals surface area contributed by atoms with E-state index >= 15 is 0 Å². The number of nitrogens with zero attached hydrogens (tertiary/aromatic N) is 5. The van der Waals surface area contributed by atoms with Gasteiger partial charge in [-0.25, -0.2) is 0 Å². The van der Waals surface area contributed by atoms with Crippen LogP contribution in [0.4, 0.5) is 0 Å². The van der Waals surface area contributed by atoms with Crippen molar-refractivity contribution in [3.8, 4) is 17.2 Å². The standard InChI is InChI=1S/C24H27N5O2S/c1-4-18-10-12-20(13-11-18)30-15-21-25-28-24(29(21)14-17(2)3)32-16-22-26-27-23(31-22)19-8-6-5-7-9-19/h5-13,17H,4,14-16H2,1-3H3. The second-order valence-corrected chi connectivity index (χ2v) is 8.79. The Morgan fingerprint density at radius 1 is 0.969 bits per heavy atom. The molecule has 166 valence electrons. The zero-order chi connectivity index (χ0) is 22.3. The van der Waals surface area contributed by atoms with E-state index in [1.165, 1.54) is 17.3 Å². The molecule has 0 bridgehead atoms. The first-order valence-electron chi connectivity index (χ1n) is 10.8. The van der Waals surface area contributed by atoms with E-state index in [1.807, 2.05) is 42.5 Å². The van der Waals surface area contributed by atoms with Gasteiger partial charge < -0.3 is 13.7 Å². The number of ether oxygens (including phenoxy) is 1. The first-order chi connectivity index (χ1) is 15.6. The molecule has 0 spiro atoms. The van der Waals surface area contributed by atoms with Crippen LogP contribution in [-0.2, 0) is 25.3 Å². The Morgan fingerprint density at radius 2 is 1.75 bits per heavy atom. The Bertz CT molecular complexity index is 1120. The number of aromatic nitrogens is 5. The molecule has 0 aliphatic heterocycles. The molecule has 0 saturated heterocycles. The van der Waals surface area contributed by atoms with Crippen LogP contribution in [0.25, 0.3) is 11.5 Å². The molecular weight excluding hydrogens is 422 g/mol. The quantitative estimate of drug-likeness (QED) is 0.299. The summed E-state index contributed by atoms with van der Waals surface area (Å²) in [6.45, 7) is 7.66. The van der Waals surface area contributed by atoms with Crippen LogP contribution in [0.2, 0.25) is 0 Å². The third-order valence-corrected chi connectivity index (χ3v) is 5.80. The van der Waals surface area contributed by atoms with E-state index in [4.69, 9.17) is 9.15 Å². The van der Waals surface area contributed by atoms with Gasteiger partial charge in [-0.2, -0.15) is 0 Å². The van der Waals surface area contributed by atoms with Crippen LogP contribution in [0.15, 0.2) is 64.2 Å². The maximum atomic E-state index is 5.97. The summed E-state index contributed by atoms with van der Waals surface area (Å²) >= 11 is 1.54. The summed E-state index contributed by atoms with van der Waals surface area (Å²) in [6, 6.07) is 17.9. The van der Waals surface area contributed by atoms with Crippen LogP contribution < -0.4 is 4.74 Å². The van der Waals surface area contributed by atoms with E-state index in [2.05, 4.69) is 57.9 Å². The molecule has 0 aliphatic rings. The molecule has 0 saturated carbocycles. The first-order valence-corrected chi connectivity index (χ1v) is 11.8. The van der Waals surface area contributed by atoms with Gasteiger partial charge in [0.25, 0.3) is 0 Å². The lowest BCUT2D eigenvalue weighted by Crippen LogP contribution is -2.12. The van der Waals surface area contributed by atoms with Crippen molar-refractivity contribution in [3.63, 3.8) is 0 Å². The van der Waals surface area contributed by atoms with Crippen molar-refractivity contribution in [1.82, 2.24) is 25.0 Å². The number of rotatable bonds is 10. The summed E-state index contributed by atoms with van der Waals surface area (Å²) in [7, 11) is 0. The lowest BCUT2D eigenvalue weighted by atomic mass is 10.2. The van der Waals surface area contributed by atoms with Crippen molar-refractivity contribution < 1.29 is 9.15 Å². The van der Waals surface area contributed by atoms with Gasteiger partial charge in [0.2, 0.25) is 11.8 Å². The average Bonchev–Trinajstić information content (AvgIpc) is 3.44. The zero-order valence-corrected chi connectivity index (χ0v) is 19.4. The number of benzene rings is 2. The molecule has 4 aromatic rings. The molecule has 8 heteroatoms. The van der Waals surface area contributed by atoms with Crippen molar-refractivity contribution in [2.75, 3.05) is 0 Å². The van der Waals surface area contributed by atoms with Gasteiger partial charge in [0, 0.05) is 12.1 Å². The Morgan fingerprint density at radius 3 is 2.47 bits per heavy atom. The van der Waals surface area contributed by atoms with Crippen LogP contribution in [0, 0.1) is 5.92 Å². The van der Waals surface area contributed by atoms with Crippen LogP contribution in [-0.4, -0.2) is 25.0 Å². The maximum Gasteiger partial charge on any atom is 0.247 e. The second kappa shape index (κ2) is 10.5. The van der Waals surface area contributed by atoms with Gasteiger partial charge in [-0.15, -0.1) is 20.4 Å². The fourth-order valence-corrected chi connectivity index (χ4v) is 3.99. The molecule has 0 atom stereocenters. The van der Waals surface area contributed by atoms with E-state index in [1.54, 1.807) is 0 Å². The Balaban J connectivity index is 1.43. The molecule has 0 aliphatic carbocycles. The van der Waals surface area contributed by atoms with Crippen LogP contribution in [0.3, 0.4) is 0 Å². The smallest absolute Gasteiger partial charge is 0.247 e. The normalized spacial score (nSPS) is 11.2. The van der Waals surface area contributed by atoms with Crippen LogP contribution in [0.1, 0.15) is 38.0 Å². The van der Waals surface area contributed by atoms with Gasteiger partial charge in [-0.1, -0.05) is 62.9 Å². The summed E-state index contributed by atoms with van der Waals surface area (Å²) < 4.78 is 13.9. The molecule has 7 nitrogen and oxygen atoms in total. The third kappa shape index (κ3) is 5.56.